The Labute approximate surface area is 183 Å². The molecular weight excluding hydrogens is 470 g/mol. The second kappa shape index (κ2) is 8.52. The van der Waals surface area contributed by atoms with Crippen LogP contribution in [0.15, 0.2) is 74.4 Å². The predicted octanol–water partition coefficient (Wildman–Crippen LogP) is 5.25. The molecule has 0 aliphatic rings. The lowest BCUT2D eigenvalue weighted by Crippen LogP contribution is -2.22. The number of thioether (sulfide) groups is 1. The minimum atomic E-state index is -0.163. The van der Waals surface area contributed by atoms with Crippen LogP contribution in [0.25, 0.3) is 15.9 Å². The van der Waals surface area contributed by atoms with Gasteiger partial charge in [-0.25, -0.2) is 4.98 Å². The molecule has 0 radical (unpaired) electrons. The van der Waals surface area contributed by atoms with Crippen LogP contribution in [0, 0.1) is 6.92 Å². The van der Waals surface area contributed by atoms with Crippen molar-refractivity contribution in [2.45, 2.75) is 12.1 Å². The summed E-state index contributed by atoms with van der Waals surface area (Å²) in [6.07, 6.45) is 0. The maximum absolute atomic E-state index is 13.1. The number of hydrogen-bond donors (Lipinski definition) is 1. The first-order valence-electron chi connectivity index (χ1n) is 8.77. The fourth-order valence-electron chi connectivity index (χ4n) is 2.88. The fourth-order valence-corrected chi connectivity index (χ4v) is 4.85. The highest BCUT2D eigenvalue weighted by molar-refractivity contribution is 9.10. The van der Waals surface area contributed by atoms with Crippen molar-refractivity contribution in [2.24, 2.45) is 0 Å². The Morgan fingerprint density at radius 1 is 1.21 bits per heavy atom. The van der Waals surface area contributed by atoms with Crippen molar-refractivity contribution in [2.75, 3.05) is 11.1 Å². The van der Waals surface area contributed by atoms with E-state index in [-0.39, 0.29) is 17.2 Å². The Kier molecular flexibility index (Phi) is 5.84. The van der Waals surface area contributed by atoms with Gasteiger partial charge in [0.2, 0.25) is 5.91 Å². The lowest BCUT2D eigenvalue weighted by molar-refractivity contribution is -0.113. The number of thiophene rings is 1. The first-order valence-corrected chi connectivity index (χ1v) is 11.4. The number of anilines is 1. The van der Waals surface area contributed by atoms with Gasteiger partial charge in [-0.2, -0.15) is 0 Å². The average Bonchev–Trinajstić information content (AvgIpc) is 3.15. The lowest BCUT2D eigenvalue weighted by Gasteiger charge is -2.12. The van der Waals surface area contributed by atoms with Crippen molar-refractivity contribution in [1.82, 2.24) is 9.55 Å². The molecule has 1 amide bonds. The number of fused-ring (bicyclic) bond motifs is 1. The van der Waals surface area contributed by atoms with Crippen molar-refractivity contribution in [3.05, 3.63) is 80.4 Å². The van der Waals surface area contributed by atoms with Gasteiger partial charge < -0.3 is 5.32 Å². The number of hydrogen-bond acceptors (Lipinski definition) is 5. The topological polar surface area (TPSA) is 64.0 Å². The quantitative estimate of drug-likeness (QED) is 0.309. The molecule has 0 fully saturated rings. The summed E-state index contributed by atoms with van der Waals surface area (Å²) in [6.45, 7) is 1.98. The molecule has 0 aliphatic heterocycles. The summed E-state index contributed by atoms with van der Waals surface area (Å²) in [7, 11) is 0. The van der Waals surface area contributed by atoms with E-state index in [0.29, 0.717) is 21.1 Å². The van der Waals surface area contributed by atoms with Gasteiger partial charge in [-0.15, -0.1) is 11.3 Å². The predicted molar refractivity (Wildman–Crippen MR) is 123 cm³/mol. The minimum Gasteiger partial charge on any atom is -0.325 e. The van der Waals surface area contributed by atoms with Crippen LogP contribution in [0.4, 0.5) is 5.69 Å². The first-order chi connectivity index (χ1) is 14.0. The Balaban J connectivity index is 1.65. The smallest absolute Gasteiger partial charge is 0.276 e. The number of nitrogens with one attached hydrogen (secondary N) is 1. The van der Waals surface area contributed by atoms with E-state index in [0.717, 1.165) is 15.7 Å². The van der Waals surface area contributed by atoms with Gasteiger partial charge >= 0.3 is 0 Å². The van der Waals surface area contributed by atoms with Gasteiger partial charge in [0, 0.05) is 10.2 Å². The van der Waals surface area contributed by atoms with E-state index in [1.165, 1.54) is 23.1 Å². The van der Waals surface area contributed by atoms with Crippen molar-refractivity contribution < 1.29 is 4.79 Å². The normalized spacial score (nSPS) is 11.0. The summed E-state index contributed by atoms with van der Waals surface area (Å²) in [4.78, 5) is 30.2. The van der Waals surface area contributed by atoms with Gasteiger partial charge in [-0.3, -0.25) is 14.2 Å². The number of aromatic nitrogens is 2. The van der Waals surface area contributed by atoms with E-state index in [4.69, 9.17) is 0 Å². The third kappa shape index (κ3) is 4.44. The van der Waals surface area contributed by atoms with Gasteiger partial charge in [0.15, 0.2) is 5.16 Å². The van der Waals surface area contributed by atoms with Crippen molar-refractivity contribution in [1.29, 1.82) is 0 Å². The van der Waals surface area contributed by atoms with Crippen LogP contribution in [-0.2, 0) is 4.79 Å². The second-order valence-electron chi connectivity index (χ2n) is 6.36. The number of nitrogens with zero attached hydrogens (tertiary/aromatic N) is 2. The Morgan fingerprint density at radius 2 is 2.03 bits per heavy atom. The van der Waals surface area contributed by atoms with Crippen LogP contribution in [0.1, 0.15) is 5.56 Å². The number of rotatable bonds is 5. The molecule has 0 atom stereocenters. The molecule has 2 heterocycles. The zero-order valence-corrected chi connectivity index (χ0v) is 18.6. The molecule has 4 aromatic rings. The van der Waals surface area contributed by atoms with Crippen LogP contribution in [0.3, 0.4) is 0 Å². The van der Waals surface area contributed by atoms with Crippen LogP contribution >= 0.6 is 39.0 Å². The number of benzene rings is 2. The van der Waals surface area contributed by atoms with E-state index in [1.54, 1.807) is 4.57 Å². The molecule has 0 saturated heterocycles. The highest BCUT2D eigenvalue weighted by Gasteiger charge is 2.16. The second-order valence-corrected chi connectivity index (χ2v) is 9.13. The third-order valence-electron chi connectivity index (χ3n) is 4.15. The van der Waals surface area contributed by atoms with Crippen LogP contribution in [0.5, 0.6) is 0 Å². The van der Waals surface area contributed by atoms with E-state index in [1.807, 2.05) is 66.9 Å². The maximum Gasteiger partial charge on any atom is 0.276 e. The number of carbonyl (C=O) groups excluding carboxylic acids is 1. The largest absolute Gasteiger partial charge is 0.325 e. The van der Waals surface area contributed by atoms with Crippen LogP contribution < -0.4 is 10.9 Å². The van der Waals surface area contributed by atoms with Crippen molar-refractivity contribution >= 4 is 60.8 Å². The summed E-state index contributed by atoms with van der Waals surface area (Å²) in [5.41, 5.74) is 3.03. The summed E-state index contributed by atoms with van der Waals surface area (Å²) in [6, 6.07) is 16.9. The van der Waals surface area contributed by atoms with Crippen LogP contribution in [0.2, 0.25) is 0 Å². The molecule has 0 spiro atoms. The van der Waals surface area contributed by atoms with Crippen molar-refractivity contribution in [3.63, 3.8) is 0 Å². The minimum absolute atomic E-state index is 0.120. The highest BCUT2D eigenvalue weighted by Crippen LogP contribution is 2.24. The summed E-state index contributed by atoms with van der Waals surface area (Å²) in [5, 5.41) is 5.22. The molecule has 2 aromatic heterocycles. The van der Waals surface area contributed by atoms with E-state index in [2.05, 4.69) is 26.2 Å². The van der Waals surface area contributed by atoms with Gasteiger partial charge in [0.05, 0.1) is 17.0 Å². The van der Waals surface area contributed by atoms with Gasteiger partial charge in [-0.1, -0.05) is 45.9 Å². The SMILES string of the molecule is Cc1cccc(-n2c(SCC(=O)Nc3cccc(Br)c3)nc3ccsc3c2=O)c1. The third-order valence-corrected chi connectivity index (χ3v) is 6.47. The molecule has 0 aliphatic carbocycles. The number of aryl methyl sites for hydroxylation is 1. The van der Waals surface area contributed by atoms with E-state index in [9.17, 15) is 9.59 Å². The average molecular weight is 486 g/mol. The zero-order valence-electron chi connectivity index (χ0n) is 15.4. The molecule has 2 aromatic carbocycles. The van der Waals surface area contributed by atoms with E-state index >= 15 is 0 Å². The monoisotopic (exact) mass is 485 g/mol. The van der Waals surface area contributed by atoms with Crippen LogP contribution in [-0.4, -0.2) is 21.2 Å². The standard InChI is InChI=1S/C21H16BrN3O2S2/c1-13-4-2-7-16(10-13)25-20(27)19-17(8-9-28-19)24-21(25)29-12-18(26)23-15-6-3-5-14(22)11-15/h2-11H,12H2,1H3,(H,23,26). The molecule has 0 unspecified atom stereocenters. The maximum atomic E-state index is 13.1. The molecule has 8 heteroatoms. The number of amides is 1. The zero-order chi connectivity index (χ0) is 20.4. The van der Waals surface area contributed by atoms with Crippen molar-refractivity contribution in [3.8, 4) is 5.69 Å². The molecule has 29 heavy (non-hydrogen) atoms. The van der Waals surface area contributed by atoms with Gasteiger partial charge in [-0.05, 0) is 54.3 Å². The Morgan fingerprint density at radius 3 is 2.83 bits per heavy atom. The van der Waals surface area contributed by atoms with Gasteiger partial charge in [0.1, 0.15) is 4.70 Å². The molecule has 0 saturated carbocycles. The molecule has 146 valence electrons. The summed E-state index contributed by atoms with van der Waals surface area (Å²) in [5.74, 6) is -0.0241. The molecule has 1 N–H and O–H groups in total. The van der Waals surface area contributed by atoms with E-state index < -0.39 is 0 Å². The highest BCUT2D eigenvalue weighted by atomic mass is 79.9. The number of halogens is 1. The molecule has 5 nitrogen and oxygen atoms in total. The summed E-state index contributed by atoms with van der Waals surface area (Å²) >= 11 is 6.01. The lowest BCUT2D eigenvalue weighted by atomic mass is 10.2. The molecule has 4 rings (SSSR count). The fraction of sp³-hybridized carbons (Fsp3) is 0.0952. The Hall–Kier alpha value is -2.42. The summed E-state index contributed by atoms with van der Waals surface area (Å²) < 4.78 is 3.08. The first kappa shape index (κ1) is 19.9. The van der Waals surface area contributed by atoms with Gasteiger partial charge in [0.25, 0.3) is 5.56 Å². The molecular formula is C21H16BrN3O2S2. The number of carbonyl (C=O) groups is 1. The molecule has 0 bridgehead atoms. The Bertz CT molecular complexity index is 1270.